The summed E-state index contributed by atoms with van der Waals surface area (Å²) in [6.07, 6.45) is 0.544. The first kappa shape index (κ1) is 14.4. The van der Waals surface area contributed by atoms with E-state index >= 15 is 0 Å². The van der Waals surface area contributed by atoms with Crippen LogP contribution in [0.4, 0.5) is 4.39 Å². The second-order valence-corrected chi connectivity index (χ2v) is 5.92. The fourth-order valence-electron chi connectivity index (χ4n) is 1.88. The van der Waals surface area contributed by atoms with Gasteiger partial charge >= 0.3 is 0 Å². The molecule has 102 valence electrons. The molecule has 0 amide bonds. The van der Waals surface area contributed by atoms with Crippen LogP contribution in [-0.2, 0) is 6.42 Å². The Morgan fingerprint density at radius 3 is 2.79 bits per heavy atom. The largest absolute Gasteiger partial charge is 0.323 e. The molecule has 0 bridgehead atoms. The van der Waals surface area contributed by atoms with Gasteiger partial charge in [0.1, 0.15) is 5.82 Å². The molecule has 0 radical (unpaired) electrons. The molecule has 1 aromatic carbocycles. The lowest BCUT2D eigenvalue weighted by molar-refractivity contribution is 0.625. The minimum absolute atomic E-state index is 0.222. The molecule has 0 aliphatic rings. The van der Waals surface area contributed by atoms with E-state index in [9.17, 15) is 4.39 Å². The maximum absolute atomic E-state index is 13.0. The molecule has 19 heavy (non-hydrogen) atoms. The molecule has 1 aromatic heterocycles. The van der Waals surface area contributed by atoms with Gasteiger partial charge in [-0.2, -0.15) is 0 Å². The van der Waals surface area contributed by atoms with Crippen molar-refractivity contribution in [3.63, 3.8) is 0 Å². The molecule has 1 atom stereocenters. The van der Waals surface area contributed by atoms with E-state index in [0.29, 0.717) is 11.4 Å². The van der Waals surface area contributed by atoms with Crippen molar-refractivity contribution in [1.29, 1.82) is 0 Å². The Balaban J connectivity index is 2.21. The van der Waals surface area contributed by atoms with E-state index in [-0.39, 0.29) is 17.8 Å². The van der Waals surface area contributed by atoms with Gasteiger partial charge in [-0.3, -0.25) is 0 Å². The highest BCUT2D eigenvalue weighted by molar-refractivity contribution is 7.05. The number of rotatable bonds is 4. The fraction of sp³-hybridized carbons (Fsp3) is 0.385. The first-order valence-corrected chi connectivity index (χ1v) is 7.15. The van der Waals surface area contributed by atoms with Crippen molar-refractivity contribution in [3.8, 4) is 0 Å². The summed E-state index contributed by atoms with van der Waals surface area (Å²) < 4.78 is 17.0. The minimum Gasteiger partial charge on any atom is -0.323 e. The van der Waals surface area contributed by atoms with Crippen molar-refractivity contribution in [3.05, 3.63) is 45.2 Å². The molecule has 2 rings (SSSR count). The van der Waals surface area contributed by atoms with Crippen LogP contribution in [0.3, 0.4) is 0 Å². The molecule has 0 saturated carbocycles. The van der Waals surface area contributed by atoms with Crippen LogP contribution < -0.4 is 5.73 Å². The third-order valence-electron chi connectivity index (χ3n) is 2.88. The van der Waals surface area contributed by atoms with Crippen LogP contribution in [-0.4, -0.2) is 9.59 Å². The maximum Gasteiger partial charge on any atom is 0.124 e. The van der Waals surface area contributed by atoms with E-state index in [2.05, 4.69) is 23.4 Å². The summed E-state index contributed by atoms with van der Waals surface area (Å²) in [6.45, 7) is 4.11. The van der Waals surface area contributed by atoms with E-state index in [1.807, 2.05) is 0 Å². The number of hydrogen-bond acceptors (Lipinski definition) is 4. The molecule has 0 saturated heterocycles. The Labute approximate surface area is 120 Å². The number of hydrogen-bond donors (Lipinski definition) is 1. The highest BCUT2D eigenvalue weighted by atomic mass is 35.5. The van der Waals surface area contributed by atoms with E-state index in [0.717, 1.165) is 16.1 Å². The third kappa shape index (κ3) is 3.29. The summed E-state index contributed by atoms with van der Waals surface area (Å²) in [6, 6.07) is 4.14. The maximum atomic E-state index is 13.0. The topological polar surface area (TPSA) is 51.8 Å². The van der Waals surface area contributed by atoms with Crippen LogP contribution in [0.2, 0.25) is 5.02 Å². The van der Waals surface area contributed by atoms with Crippen molar-refractivity contribution in [2.24, 2.45) is 5.73 Å². The minimum atomic E-state index is -0.343. The highest BCUT2D eigenvalue weighted by Gasteiger charge is 2.19. The lowest BCUT2D eigenvalue weighted by atomic mass is 10.0. The van der Waals surface area contributed by atoms with Crippen molar-refractivity contribution in [2.75, 3.05) is 0 Å². The molecule has 2 aromatic rings. The van der Waals surface area contributed by atoms with Gasteiger partial charge in [-0.1, -0.05) is 36.0 Å². The summed E-state index contributed by atoms with van der Waals surface area (Å²) in [4.78, 5) is 0.968. The van der Waals surface area contributed by atoms with Gasteiger partial charge in [-0.15, -0.1) is 5.10 Å². The van der Waals surface area contributed by atoms with Gasteiger partial charge < -0.3 is 5.73 Å². The van der Waals surface area contributed by atoms with Gasteiger partial charge in [0.15, 0.2) is 0 Å². The first-order chi connectivity index (χ1) is 8.99. The van der Waals surface area contributed by atoms with E-state index in [1.54, 1.807) is 6.07 Å². The fourth-order valence-corrected chi connectivity index (χ4v) is 2.93. The van der Waals surface area contributed by atoms with Crippen LogP contribution in [0.25, 0.3) is 0 Å². The quantitative estimate of drug-likeness (QED) is 0.936. The molecule has 1 unspecified atom stereocenters. The predicted molar refractivity (Wildman–Crippen MR) is 76.0 cm³/mol. The zero-order valence-corrected chi connectivity index (χ0v) is 12.3. The van der Waals surface area contributed by atoms with Crippen molar-refractivity contribution in [1.82, 2.24) is 9.59 Å². The molecule has 1 heterocycles. The van der Waals surface area contributed by atoms with Gasteiger partial charge in [0.05, 0.1) is 10.6 Å². The molecule has 0 spiro atoms. The third-order valence-corrected chi connectivity index (χ3v) is 4.10. The van der Waals surface area contributed by atoms with Gasteiger partial charge in [-0.25, -0.2) is 4.39 Å². The summed E-state index contributed by atoms with van der Waals surface area (Å²) >= 11 is 7.32. The summed E-state index contributed by atoms with van der Waals surface area (Å²) in [7, 11) is 0. The molecule has 0 fully saturated rings. The predicted octanol–water partition coefficient (Wildman–Crippen LogP) is 3.70. The monoisotopic (exact) mass is 299 g/mol. The van der Waals surface area contributed by atoms with Gasteiger partial charge in [0.2, 0.25) is 0 Å². The van der Waals surface area contributed by atoms with Crippen molar-refractivity contribution >= 4 is 23.1 Å². The van der Waals surface area contributed by atoms with Crippen LogP contribution in [0.1, 0.15) is 41.9 Å². The standard InChI is InChI=1S/C13H15ClFN3S/c1-7(2)12-13(19-18-17-12)11(16)5-8-3-4-9(15)6-10(8)14/h3-4,6-7,11H,5,16H2,1-2H3. The molecule has 0 aliphatic carbocycles. The van der Waals surface area contributed by atoms with Crippen LogP contribution in [0.5, 0.6) is 0 Å². The van der Waals surface area contributed by atoms with Crippen LogP contribution >= 0.6 is 23.1 Å². The number of halogens is 2. The van der Waals surface area contributed by atoms with Gasteiger partial charge in [0, 0.05) is 11.1 Å². The number of aromatic nitrogens is 2. The summed E-state index contributed by atoms with van der Waals surface area (Å²) in [5.41, 5.74) is 7.95. The van der Waals surface area contributed by atoms with Crippen molar-refractivity contribution < 1.29 is 4.39 Å². The van der Waals surface area contributed by atoms with Crippen LogP contribution in [0.15, 0.2) is 18.2 Å². The zero-order valence-electron chi connectivity index (χ0n) is 10.7. The summed E-state index contributed by atoms with van der Waals surface area (Å²) in [5.74, 6) is -0.0619. The van der Waals surface area contributed by atoms with E-state index < -0.39 is 0 Å². The van der Waals surface area contributed by atoms with Crippen molar-refractivity contribution in [2.45, 2.75) is 32.2 Å². The number of nitrogens with two attached hydrogens (primary N) is 1. The molecule has 6 heteroatoms. The second kappa shape index (κ2) is 5.94. The number of benzene rings is 1. The molecular weight excluding hydrogens is 285 g/mol. The van der Waals surface area contributed by atoms with E-state index in [4.69, 9.17) is 17.3 Å². The lowest BCUT2D eigenvalue weighted by Crippen LogP contribution is -2.14. The smallest absolute Gasteiger partial charge is 0.124 e. The van der Waals surface area contributed by atoms with Crippen LogP contribution in [0, 0.1) is 5.82 Å². The normalized spacial score (nSPS) is 12.9. The second-order valence-electron chi connectivity index (χ2n) is 4.72. The molecular formula is C13H15ClFN3S. The summed E-state index contributed by atoms with van der Waals surface area (Å²) in [5, 5.41) is 4.51. The average molecular weight is 300 g/mol. The highest BCUT2D eigenvalue weighted by Crippen LogP contribution is 2.29. The Hall–Kier alpha value is -1.04. The van der Waals surface area contributed by atoms with Gasteiger partial charge in [0.25, 0.3) is 0 Å². The first-order valence-electron chi connectivity index (χ1n) is 6.00. The lowest BCUT2D eigenvalue weighted by Gasteiger charge is -2.13. The molecule has 2 N–H and O–H groups in total. The SMILES string of the molecule is CC(C)c1nnsc1C(N)Cc1ccc(F)cc1Cl. The Morgan fingerprint density at radius 2 is 2.16 bits per heavy atom. The average Bonchev–Trinajstić information content (AvgIpc) is 2.82. The Morgan fingerprint density at radius 1 is 1.42 bits per heavy atom. The molecule has 3 nitrogen and oxygen atoms in total. The van der Waals surface area contributed by atoms with E-state index in [1.165, 1.54) is 23.7 Å². The van der Waals surface area contributed by atoms with Gasteiger partial charge in [-0.05, 0) is 41.6 Å². The zero-order chi connectivity index (χ0) is 14.0. The number of nitrogens with zero attached hydrogens (tertiary/aromatic N) is 2. The Bertz CT molecular complexity index is 571. The Kier molecular flexibility index (Phi) is 4.50. The molecule has 0 aliphatic heterocycles.